The largest absolute Gasteiger partial charge is 0.481 e. The topological polar surface area (TPSA) is 67.4 Å². The third-order valence-corrected chi connectivity index (χ3v) is 3.82. The second-order valence-electron chi connectivity index (χ2n) is 6.96. The maximum Gasteiger partial charge on any atom is 0.279 e. The van der Waals surface area contributed by atoms with Crippen LogP contribution < -0.4 is 15.6 Å². The van der Waals surface area contributed by atoms with Gasteiger partial charge in [0.25, 0.3) is 11.8 Å². The van der Waals surface area contributed by atoms with Crippen LogP contribution >= 0.6 is 0 Å². The zero-order chi connectivity index (χ0) is 19.3. The molecule has 0 spiro atoms. The van der Waals surface area contributed by atoms with E-state index in [-0.39, 0.29) is 11.0 Å². The first kappa shape index (κ1) is 19.4. The fourth-order valence-electron chi connectivity index (χ4n) is 2.22. The molecule has 0 fully saturated rings. The van der Waals surface area contributed by atoms with Gasteiger partial charge in [-0.05, 0) is 42.2 Å². The number of ether oxygens (including phenoxy) is 1. The van der Waals surface area contributed by atoms with Crippen LogP contribution in [0, 0.1) is 5.82 Å². The quantitative estimate of drug-likeness (QED) is 0.824. The van der Waals surface area contributed by atoms with E-state index in [1.807, 2.05) is 12.1 Å². The molecule has 5 nitrogen and oxygen atoms in total. The number of rotatable bonds is 4. The van der Waals surface area contributed by atoms with Gasteiger partial charge in [-0.15, -0.1) is 0 Å². The molecule has 138 valence electrons. The molecule has 2 N–H and O–H groups in total. The lowest BCUT2D eigenvalue weighted by Crippen LogP contribution is -2.47. The van der Waals surface area contributed by atoms with Crippen LogP contribution in [0.2, 0.25) is 0 Å². The minimum absolute atomic E-state index is 0.0263. The number of hydrazine groups is 1. The van der Waals surface area contributed by atoms with E-state index in [0.717, 1.165) is 5.56 Å². The van der Waals surface area contributed by atoms with Crippen molar-refractivity contribution in [2.45, 2.75) is 39.2 Å². The van der Waals surface area contributed by atoms with Crippen molar-refractivity contribution in [3.05, 3.63) is 65.5 Å². The summed E-state index contributed by atoms with van der Waals surface area (Å²) >= 11 is 0. The SMILES string of the molecule is C[C@@H](Oc1ccc(C(C)(C)C)cc1)C(=O)NNC(=O)c1ccccc1F. The van der Waals surface area contributed by atoms with Gasteiger partial charge in [0.15, 0.2) is 6.10 Å². The van der Waals surface area contributed by atoms with Crippen molar-refractivity contribution in [3.63, 3.8) is 0 Å². The molecule has 0 saturated heterocycles. The molecule has 0 unspecified atom stereocenters. The average Bonchev–Trinajstić information content (AvgIpc) is 2.59. The van der Waals surface area contributed by atoms with Gasteiger partial charge in [0, 0.05) is 0 Å². The van der Waals surface area contributed by atoms with E-state index < -0.39 is 23.7 Å². The first-order valence-electron chi connectivity index (χ1n) is 8.30. The number of hydrogen-bond donors (Lipinski definition) is 2. The van der Waals surface area contributed by atoms with Gasteiger partial charge in [-0.1, -0.05) is 45.0 Å². The minimum Gasteiger partial charge on any atom is -0.481 e. The van der Waals surface area contributed by atoms with Crippen molar-refractivity contribution in [3.8, 4) is 5.75 Å². The molecule has 0 saturated carbocycles. The first-order valence-corrected chi connectivity index (χ1v) is 8.30. The summed E-state index contributed by atoms with van der Waals surface area (Å²) in [6.45, 7) is 7.88. The molecule has 0 aromatic heterocycles. The van der Waals surface area contributed by atoms with Crippen LogP contribution in [0.25, 0.3) is 0 Å². The highest BCUT2D eigenvalue weighted by Gasteiger charge is 2.18. The Labute approximate surface area is 152 Å². The van der Waals surface area contributed by atoms with Gasteiger partial charge in [0.05, 0.1) is 5.56 Å². The summed E-state index contributed by atoms with van der Waals surface area (Å²) in [7, 11) is 0. The van der Waals surface area contributed by atoms with Crippen LogP contribution in [-0.4, -0.2) is 17.9 Å². The molecule has 1 atom stereocenters. The minimum atomic E-state index is -0.837. The number of carbonyl (C=O) groups is 2. The molecule has 0 bridgehead atoms. The summed E-state index contributed by atoms with van der Waals surface area (Å²) < 4.78 is 19.1. The highest BCUT2D eigenvalue weighted by Crippen LogP contribution is 2.24. The highest BCUT2D eigenvalue weighted by molar-refractivity contribution is 5.95. The zero-order valence-electron chi connectivity index (χ0n) is 15.3. The Bertz CT molecular complexity index is 782. The van der Waals surface area contributed by atoms with Crippen LogP contribution in [0.15, 0.2) is 48.5 Å². The summed E-state index contributed by atoms with van der Waals surface area (Å²) in [5.74, 6) is -1.41. The summed E-state index contributed by atoms with van der Waals surface area (Å²) in [6.07, 6.45) is -0.837. The van der Waals surface area contributed by atoms with Gasteiger partial charge in [-0.3, -0.25) is 20.4 Å². The van der Waals surface area contributed by atoms with Gasteiger partial charge < -0.3 is 4.74 Å². The summed E-state index contributed by atoms with van der Waals surface area (Å²) in [6, 6.07) is 13.0. The predicted molar refractivity (Wildman–Crippen MR) is 97.2 cm³/mol. The Morgan fingerprint density at radius 1 is 1.00 bits per heavy atom. The standard InChI is InChI=1S/C20H23FN2O3/c1-13(26-15-11-9-14(10-12-15)20(2,3)4)18(24)22-23-19(25)16-7-5-6-8-17(16)21/h5-13H,1-4H3,(H,22,24)(H,23,25)/t13-/m1/s1. The van der Waals surface area contributed by atoms with Crippen molar-refractivity contribution in [1.82, 2.24) is 10.9 Å². The Morgan fingerprint density at radius 2 is 1.62 bits per heavy atom. The van der Waals surface area contributed by atoms with E-state index in [0.29, 0.717) is 5.75 Å². The molecule has 0 aliphatic rings. The van der Waals surface area contributed by atoms with Gasteiger partial charge in [0.1, 0.15) is 11.6 Å². The molecule has 26 heavy (non-hydrogen) atoms. The van der Waals surface area contributed by atoms with Crippen molar-refractivity contribution >= 4 is 11.8 Å². The summed E-state index contributed by atoms with van der Waals surface area (Å²) in [5.41, 5.74) is 5.44. The predicted octanol–water partition coefficient (Wildman–Crippen LogP) is 3.35. The summed E-state index contributed by atoms with van der Waals surface area (Å²) in [5, 5.41) is 0. The van der Waals surface area contributed by atoms with Gasteiger partial charge in [-0.25, -0.2) is 4.39 Å². The van der Waals surface area contributed by atoms with Crippen molar-refractivity contribution in [2.75, 3.05) is 0 Å². The van der Waals surface area contributed by atoms with Crippen LogP contribution in [-0.2, 0) is 10.2 Å². The molecule has 2 amide bonds. The molecule has 2 aromatic carbocycles. The number of halogens is 1. The number of benzene rings is 2. The maximum absolute atomic E-state index is 13.5. The molecular weight excluding hydrogens is 335 g/mol. The lowest BCUT2D eigenvalue weighted by Gasteiger charge is -2.20. The molecule has 6 heteroatoms. The molecule has 0 radical (unpaired) electrons. The Balaban J connectivity index is 1.89. The third kappa shape index (κ3) is 5.05. The van der Waals surface area contributed by atoms with Crippen molar-refractivity contribution in [2.24, 2.45) is 0 Å². The molecule has 0 heterocycles. The summed E-state index contributed by atoms with van der Waals surface area (Å²) in [4.78, 5) is 23.9. The van der Waals surface area contributed by atoms with E-state index in [2.05, 4.69) is 31.6 Å². The second-order valence-corrected chi connectivity index (χ2v) is 6.96. The molecule has 0 aliphatic carbocycles. The third-order valence-electron chi connectivity index (χ3n) is 3.82. The van der Waals surface area contributed by atoms with E-state index in [1.165, 1.54) is 24.3 Å². The fraction of sp³-hybridized carbons (Fsp3) is 0.300. The molecular formula is C20H23FN2O3. The van der Waals surface area contributed by atoms with Crippen molar-refractivity contribution in [1.29, 1.82) is 0 Å². The maximum atomic E-state index is 13.5. The number of hydrogen-bond acceptors (Lipinski definition) is 3. The van der Waals surface area contributed by atoms with E-state index in [1.54, 1.807) is 19.1 Å². The molecule has 2 rings (SSSR count). The van der Waals surface area contributed by atoms with E-state index in [4.69, 9.17) is 4.74 Å². The average molecular weight is 358 g/mol. The Hall–Kier alpha value is -2.89. The second kappa shape index (κ2) is 7.99. The smallest absolute Gasteiger partial charge is 0.279 e. The van der Waals surface area contributed by atoms with Crippen molar-refractivity contribution < 1.29 is 18.7 Å². The molecule has 0 aliphatic heterocycles. The van der Waals surface area contributed by atoms with Crippen LogP contribution in [0.4, 0.5) is 4.39 Å². The lowest BCUT2D eigenvalue weighted by molar-refractivity contribution is -0.128. The van der Waals surface area contributed by atoms with E-state index in [9.17, 15) is 14.0 Å². The van der Waals surface area contributed by atoms with Gasteiger partial charge >= 0.3 is 0 Å². The zero-order valence-corrected chi connectivity index (χ0v) is 15.3. The Kier molecular flexibility index (Phi) is 5.97. The number of amides is 2. The monoisotopic (exact) mass is 358 g/mol. The van der Waals surface area contributed by atoms with Crippen LogP contribution in [0.5, 0.6) is 5.75 Å². The van der Waals surface area contributed by atoms with Gasteiger partial charge in [-0.2, -0.15) is 0 Å². The highest BCUT2D eigenvalue weighted by atomic mass is 19.1. The van der Waals surface area contributed by atoms with Crippen LogP contribution in [0.1, 0.15) is 43.6 Å². The number of nitrogens with one attached hydrogen (secondary N) is 2. The normalized spacial score (nSPS) is 12.2. The fourth-order valence-corrected chi connectivity index (χ4v) is 2.22. The van der Waals surface area contributed by atoms with Gasteiger partial charge in [0.2, 0.25) is 0 Å². The van der Waals surface area contributed by atoms with Crippen LogP contribution in [0.3, 0.4) is 0 Å². The number of carbonyl (C=O) groups excluding carboxylic acids is 2. The lowest BCUT2D eigenvalue weighted by atomic mass is 9.87. The van der Waals surface area contributed by atoms with E-state index >= 15 is 0 Å². The Morgan fingerprint density at radius 3 is 2.19 bits per heavy atom. The first-order chi connectivity index (χ1) is 12.2. The molecule has 2 aromatic rings.